The van der Waals surface area contributed by atoms with Gasteiger partial charge in [-0.2, -0.15) is 22.1 Å². The molecule has 0 radical (unpaired) electrons. The third-order valence-corrected chi connectivity index (χ3v) is 8.02. The molecular formula is C16H23N5O4S2. The Morgan fingerprint density at radius 3 is 2.56 bits per heavy atom. The number of thiophene rings is 1. The average molecular weight is 414 g/mol. The van der Waals surface area contributed by atoms with Crippen molar-refractivity contribution < 1.29 is 13.2 Å². The fourth-order valence-electron chi connectivity index (χ4n) is 3.63. The summed E-state index contributed by atoms with van der Waals surface area (Å²) >= 11 is 1.49. The summed E-state index contributed by atoms with van der Waals surface area (Å²) in [5.74, 6) is 1.01. The first-order valence-corrected chi connectivity index (χ1v) is 11.4. The molecule has 4 heterocycles. The molecular weight excluding hydrogens is 390 g/mol. The van der Waals surface area contributed by atoms with E-state index in [1.165, 1.54) is 15.6 Å². The van der Waals surface area contributed by atoms with Crippen LogP contribution in [0.25, 0.3) is 5.00 Å². The van der Waals surface area contributed by atoms with E-state index in [1.54, 1.807) is 8.87 Å². The molecule has 2 aromatic rings. The van der Waals surface area contributed by atoms with E-state index in [-0.39, 0.29) is 5.69 Å². The van der Waals surface area contributed by atoms with Crippen molar-refractivity contribution >= 4 is 21.5 Å². The topological polar surface area (TPSA) is 101 Å². The van der Waals surface area contributed by atoms with Crippen LogP contribution in [0, 0.1) is 5.92 Å². The first-order chi connectivity index (χ1) is 13.1. The van der Waals surface area contributed by atoms with E-state index in [0.29, 0.717) is 57.6 Å². The largest absolute Gasteiger partial charge is 0.379 e. The van der Waals surface area contributed by atoms with Gasteiger partial charge in [-0.25, -0.2) is 14.5 Å². The van der Waals surface area contributed by atoms with E-state index >= 15 is 0 Å². The Labute approximate surface area is 161 Å². The van der Waals surface area contributed by atoms with Gasteiger partial charge >= 0.3 is 5.69 Å². The lowest BCUT2D eigenvalue weighted by Gasteiger charge is -2.36. The van der Waals surface area contributed by atoms with E-state index in [2.05, 4.69) is 10.2 Å². The zero-order valence-electron chi connectivity index (χ0n) is 14.9. The van der Waals surface area contributed by atoms with Crippen molar-refractivity contribution in [2.24, 2.45) is 5.92 Å². The van der Waals surface area contributed by atoms with Crippen LogP contribution in [0.5, 0.6) is 0 Å². The molecule has 148 valence electrons. The molecule has 0 aromatic carbocycles. The van der Waals surface area contributed by atoms with Crippen LogP contribution < -0.4 is 5.69 Å². The molecule has 11 heteroatoms. The van der Waals surface area contributed by atoms with Gasteiger partial charge in [-0.05, 0) is 36.3 Å². The zero-order valence-corrected chi connectivity index (χ0v) is 16.5. The Morgan fingerprint density at radius 2 is 1.89 bits per heavy atom. The molecule has 0 bridgehead atoms. The molecule has 4 rings (SSSR count). The number of rotatable bonds is 5. The van der Waals surface area contributed by atoms with Gasteiger partial charge in [-0.15, -0.1) is 11.3 Å². The summed E-state index contributed by atoms with van der Waals surface area (Å²) < 4.78 is 35.5. The lowest BCUT2D eigenvalue weighted by atomic mass is 9.94. The second-order valence-electron chi connectivity index (χ2n) is 6.80. The molecule has 0 atom stereocenters. The lowest BCUT2D eigenvalue weighted by Crippen LogP contribution is -2.50. The number of H-pyrrole nitrogens is 1. The highest BCUT2D eigenvalue weighted by molar-refractivity contribution is 7.86. The maximum absolute atomic E-state index is 12.8. The van der Waals surface area contributed by atoms with Gasteiger partial charge in [0.05, 0.1) is 13.2 Å². The Morgan fingerprint density at radius 1 is 1.19 bits per heavy atom. The molecule has 0 amide bonds. The normalized spacial score (nSPS) is 20.9. The molecule has 2 aliphatic rings. The van der Waals surface area contributed by atoms with Crippen molar-refractivity contribution in [2.75, 3.05) is 39.4 Å². The molecule has 0 unspecified atom stereocenters. The monoisotopic (exact) mass is 413 g/mol. The first-order valence-electron chi connectivity index (χ1n) is 9.09. The van der Waals surface area contributed by atoms with E-state index < -0.39 is 10.2 Å². The van der Waals surface area contributed by atoms with Crippen LogP contribution in [0.2, 0.25) is 0 Å². The molecule has 0 saturated carbocycles. The number of aromatic nitrogens is 3. The second-order valence-corrected chi connectivity index (χ2v) is 9.65. The third-order valence-electron chi connectivity index (χ3n) is 5.14. The average Bonchev–Trinajstić information content (AvgIpc) is 3.33. The Balaban J connectivity index is 1.40. The fourth-order valence-corrected chi connectivity index (χ4v) is 5.99. The van der Waals surface area contributed by atoms with Crippen LogP contribution in [-0.4, -0.2) is 71.2 Å². The van der Waals surface area contributed by atoms with Gasteiger partial charge in [-0.3, -0.25) is 0 Å². The number of hydrogen-bond acceptors (Lipinski definition) is 6. The van der Waals surface area contributed by atoms with Crippen LogP contribution in [0.15, 0.2) is 22.3 Å². The number of piperidine rings is 1. The van der Waals surface area contributed by atoms with Crippen LogP contribution in [0.4, 0.5) is 0 Å². The number of aromatic amines is 1. The van der Waals surface area contributed by atoms with Crippen LogP contribution in [0.3, 0.4) is 0 Å². The molecule has 2 aliphatic heterocycles. The Hall–Kier alpha value is -1.53. The minimum atomic E-state index is -3.41. The first kappa shape index (κ1) is 18.8. The van der Waals surface area contributed by atoms with E-state index in [9.17, 15) is 13.2 Å². The number of nitrogens with zero attached hydrogens (tertiary/aromatic N) is 4. The molecule has 2 saturated heterocycles. The van der Waals surface area contributed by atoms with E-state index in [1.807, 2.05) is 17.5 Å². The molecule has 27 heavy (non-hydrogen) atoms. The highest BCUT2D eigenvalue weighted by atomic mass is 32.2. The van der Waals surface area contributed by atoms with Crippen molar-refractivity contribution in [3.05, 3.63) is 33.8 Å². The third kappa shape index (κ3) is 3.87. The Bertz CT molecular complexity index is 907. The summed E-state index contributed by atoms with van der Waals surface area (Å²) in [7, 11) is -3.41. The quantitative estimate of drug-likeness (QED) is 0.767. The second kappa shape index (κ2) is 7.84. The SMILES string of the molecule is O=c1[nH]nc(CC2CCN(S(=O)(=O)N3CCOCC3)CC2)n1-c1cccs1. The summed E-state index contributed by atoms with van der Waals surface area (Å²) in [4.78, 5) is 12.1. The summed E-state index contributed by atoms with van der Waals surface area (Å²) in [6.07, 6.45) is 2.17. The predicted molar refractivity (Wildman–Crippen MR) is 101 cm³/mol. The number of hydrogen-bond donors (Lipinski definition) is 1. The van der Waals surface area contributed by atoms with Gasteiger partial charge in [0.1, 0.15) is 10.8 Å². The molecule has 0 aliphatic carbocycles. The van der Waals surface area contributed by atoms with Crippen LogP contribution in [-0.2, 0) is 21.4 Å². The lowest BCUT2D eigenvalue weighted by molar-refractivity contribution is 0.0693. The van der Waals surface area contributed by atoms with Gasteiger partial charge in [0, 0.05) is 32.6 Å². The molecule has 9 nitrogen and oxygen atoms in total. The number of ether oxygens (including phenoxy) is 1. The van der Waals surface area contributed by atoms with Crippen molar-refractivity contribution in [3.63, 3.8) is 0 Å². The van der Waals surface area contributed by atoms with Gasteiger partial charge in [0.25, 0.3) is 10.2 Å². The highest BCUT2D eigenvalue weighted by Gasteiger charge is 2.34. The molecule has 2 aromatic heterocycles. The van der Waals surface area contributed by atoms with Gasteiger partial charge in [0.2, 0.25) is 0 Å². The highest BCUT2D eigenvalue weighted by Crippen LogP contribution is 2.25. The predicted octanol–water partition coefficient (Wildman–Crippen LogP) is 0.454. The van der Waals surface area contributed by atoms with Gasteiger partial charge < -0.3 is 4.74 Å². The fraction of sp³-hybridized carbons (Fsp3) is 0.625. The van der Waals surface area contributed by atoms with Crippen LogP contribution >= 0.6 is 11.3 Å². The van der Waals surface area contributed by atoms with Gasteiger partial charge in [0.15, 0.2) is 0 Å². The molecule has 2 fully saturated rings. The standard InChI is InChI=1S/C16H23N5O4S2/c22-16-18-17-14(21(16)15-2-1-11-26-15)12-13-3-5-19(6-4-13)27(23,24)20-7-9-25-10-8-20/h1-2,11,13H,3-10,12H2,(H,18,22). The van der Waals surface area contributed by atoms with Crippen LogP contribution in [0.1, 0.15) is 18.7 Å². The minimum Gasteiger partial charge on any atom is -0.379 e. The maximum atomic E-state index is 12.8. The van der Waals surface area contributed by atoms with Crippen molar-refractivity contribution in [1.82, 2.24) is 23.4 Å². The summed E-state index contributed by atoms with van der Waals surface area (Å²) in [5.41, 5.74) is -0.236. The zero-order chi connectivity index (χ0) is 18.9. The minimum absolute atomic E-state index is 0.236. The maximum Gasteiger partial charge on any atom is 0.348 e. The number of morpholine rings is 1. The Kier molecular flexibility index (Phi) is 5.46. The summed E-state index contributed by atoms with van der Waals surface area (Å²) in [6, 6.07) is 3.79. The van der Waals surface area contributed by atoms with Crippen molar-refractivity contribution in [2.45, 2.75) is 19.3 Å². The molecule has 1 N–H and O–H groups in total. The number of nitrogens with one attached hydrogen (secondary N) is 1. The van der Waals surface area contributed by atoms with E-state index in [0.717, 1.165) is 17.8 Å². The van der Waals surface area contributed by atoms with E-state index in [4.69, 9.17) is 4.74 Å². The van der Waals surface area contributed by atoms with Gasteiger partial charge in [-0.1, -0.05) is 0 Å². The molecule has 0 spiro atoms. The smallest absolute Gasteiger partial charge is 0.348 e. The van der Waals surface area contributed by atoms with Crippen molar-refractivity contribution in [1.29, 1.82) is 0 Å². The summed E-state index contributed by atoms with van der Waals surface area (Å²) in [6.45, 7) is 2.74. The van der Waals surface area contributed by atoms with Crippen molar-refractivity contribution in [3.8, 4) is 5.00 Å². The summed E-state index contributed by atoms with van der Waals surface area (Å²) in [5, 5.41) is 9.48.